The van der Waals surface area contributed by atoms with Gasteiger partial charge in [-0.2, -0.15) is 0 Å². The second-order valence-electron chi connectivity index (χ2n) is 9.17. The summed E-state index contributed by atoms with van der Waals surface area (Å²) >= 11 is 1.92. The second kappa shape index (κ2) is 8.84. The zero-order valence-electron chi connectivity index (χ0n) is 17.7. The van der Waals surface area contributed by atoms with Gasteiger partial charge in [0.05, 0.1) is 44.8 Å². The molecule has 0 saturated carbocycles. The summed E-state index contributed by atoms with van der Waals surface area (Å²) in [5.41, 5.74) is 1.52. The molecule has 3 aliphatic rings. The summed E-state index contributed by atoms with van der Waals surface area (Å²) in [6.45, 7) is 12.0. The van der Waals surface area contributed by atoms with E-state index in [0.717, 1.165) is 63.5 Å². The Morgan fingerprint density at radius 3 is 2.72 bits per heavy atom. The van der Waals surface area contributed by atoms with Crippen molar-refractivity contribution in [2.75, 3.05) is 57.8 Å². The third-order valence-electron chi connectivity index (χ3n) is 6.97. The molecule has 0 amide bonds. The van der Waals surface area contributed by atoms with Crippen LogP contribution in [-0.2, 0) is 24.1 Å². The van der Waals surface area contributed by atoms with Gasteiger partial charge in [0, 0.05) is 4.88 Å². The first kappa shape index (κ1) is 19.7. The molecular formula is C22H35N5OS+2. The highest BCUT2D eigenvalue weighted by Gasteiger charge is 2.25. The number of hydrogen-bond acceptors (Lipinski definition) is 5. The van der Waals surface area contributed by atoms with E-state index in [2.05, 4.69) is 12.2 Å². The summed E-state index contributed by atoms with van der Waals surface area (Å²) in [7, 11) is 0. The third kappa shape index (κ3) is 4.43. The van der Waals surface area contributed by atoms with E-state index in [1.54, 1.807) is 14.7 Å². The molecule has 3 N–H and O–H groups in total. The van der Waals surface area contributed by atoms with Crippen LogP contribution in [0.3, 0.4) is 0 Å². The standard InChI is InChI=1S/C22H33N5OS/c1-16-5-8-27(9-6-16)15-19-24-21(23-7-10-26-11-13-28-14-12-26)20-17-3-2-4-18(17)29-22(20)25-19/h16H,2-15H2,1H3,(H,23,24,25)/p+2. The zero-order valence-corrected chi connectivity index (χ0v) is 18.5. The van der Waals surface area contributed by atoms with E-state index in [-0.39, 0.29) is 0 Å². The summed E-state index contributed by atoms with van der Waals surface area (Å²) in [4.78, 5) is 16.2. The number of quaternary nitrogens is 2. The van der Waals surface area contributed by atoms with E-state index in [9.17, 15) is 0 Å². The van der Waals surface area contributed by atoms with Crippen molar-refractivity contribution in [3.05, 3.63) is 16.3 Å². The maximum absolute atomic E-state index is 5.49. The van der Waals surface area contributed by atoms with Crippen LogP contribution in [0.2, 0.25) is 0 Å². The number of thiophene rings is 1. The minimum Gasteiger partial charge on any atom is -0.370 e. The molecule has 29 heavy (non-hydrogen) atoms. The lowest BCUT2D eigenvalue weighted by Crippen LogP contribution is -3.14. The fraction of sp³-hybridized carbons (Fsp3) is 0.727. The Balaban J connectivity index is 1.34. The Bertz CT molecular complexity index is 839. The normalized spacial score (nSPS) is 25.4. The predicted molar refractivity (Wildman–Crippen MR) is 117 cm³/mol. The van der Waals surface area contributed by atoms with Gasteiger partial charge in [0.2, 0.25) is 0 Å². The molecule has 0 atom stereocenters. The van der Waals surface area contributed by atoms with Gasteiger partial charge >= 0.3 is 0 Å². The van der Waals surface area contributed by atoms with Gasteiger partial charge in [-0.15, -0.1) is 11.3 Å². The van der Waals surface area contributed by atoms with Crippen LogP contribution in [0.5, 0.6) is 0 Å². The molecule has 2 fully saturated rings. The number of anilines is 1. The highest BCUT2D eigenvalue weighted by molar-refractivity contribution is 7.19. The molecule has 2 aliphatic heterocycles. The van der Waals surface area contributed by atoms with Gasteiger partial charge in [0.15, 0.2) is 5.82 Å². The average Bonchev–Trinajstić information content (AvgIpc) is 3.31. The van der Waals surface area contributed by atoms with Crippen LogP contribution in [0, 0.1) is 5.92 Å². The molecule has 2 saturated heterocycles. The number of piperidine rings is 1. The van der Waals surface area contributed by atoms with Crippen LogP contribution >= 0.6 is 11.3 Å². The molecule has 7 heteroatoms. The molecule has 4 heterocycles. The summed E-state index contributed by atoms with van der Waals surface area (Å²) in [6.07, 6.45) is 6.36. The molecule has 158 valence electrons. The van der Waals surface area contributed by atoms with Gasteiger partial charge in [-0.25, -0.2) is 9.97 Å². The van der Waals surface area contributed by atoms with E-state index >= 15 is 0 Å². The van der Waals surface area contributed by atoms with Gasteiger partial charge in [-0.3, -0.25) is 0 Å². The summed E-state index contributed by atoms with van der Waals surface area (Å²) in [5.74, 6) is 3.01. The molecular weight excluding hydrogens is 382 g/mol. The number of morpholine rings is 1. The minimum absolute atomic E-state index is 0.877. The molecule has 1 aliphatic carbocycles. The number of rotatable bonds is 6. The number of aromatic nitrogens is 2. The number of nitrogens with one attached hydrogen (secondary N) is 3. The first-order valence-electron chi connectivity index (χ1n) is 11.6. The maximum atomic E-state index is 5.49. The van der Waals surface area contributed by atoms with E-state index in [1.165, 1.54) is 61.0 Å². The molecule has 0 aromatic carbocycles. The third-order valence-corrected chi connectivity index (χ3v) is 8.16. The molecule has 0 spiro atoms. The monoisotopic (exact) mass is 417 g/mol. The minimum atomic E-state index is 0.877. The van der Waals surface area contributed by atoms with Crippen LogP contribution in [0.1, 0.15) is 42.5 Å². The van der Waals surface area contributed by atoms with E-state index < -0.39 is 0 Å². The summed E-state index contributed by atoms with van der Waals surface area (Å²) < 4.78 is 5.49. The predicted octanol–water partition coefficient (Wildman–Crippen LogP) is 0.322. The van der Waals surface area contributed by atoms with Crippen LogP contribution in [-0.4, -0.2) is 62.5 Å². The van der Waals surface area contributed by atoms with Gasteiger partial charge in [-0.05, 0) is 43.6 Å². The Hall–Kier alpha value is -1.28. The van der Waals surface area contributed by atoms with Crippen molar-refractivity contribution in [2.45, 2.75) is 45.6 Å². The molecule has 5 rings (SSSR count). The Morgan fingerprint density at radius 1 is 1.07 bits per heavy atom. The maximum Gasteiger partial charge on any atom is 0.187 e. The highest BCUT2D eigenvalue weighted by Crippen LogP contribution is 2.39. The first-order valence-corrected chi connectivity index (χ1v) is 12.4. The Labute approximate surface area is 177 Å². The van der Waals surface area contributed by atoms with Crippen LogP contribution in [0.15, 0.2) is 0 Å². The van der Waals surface area contributed by atoms with Gasteiger partial charge in [0.1, 0.15) is 30.3 Å². The smallest absolute Gasteiger partial charge is 0.187 e. The molecule has 0 unspecified atom stereocenters. The fourth-order valence-corrected chi connectivity index (χ4v) is 6.37. The number of ether oxygens (including phenoxy) is 1. The van der Waals surface area contributed by atoms with Gasteiger partial charge in [-0.1, -0.05) is 6.92 Å². The lowest BCUT2D eigenvalue weighted by molar-refractivity contribution is -0.920. The second-order valence-corrected chi connectivity index (χ2v) is 10.3. The molecule has 6 nitrogen and oxygen atoms in total. The molecule has 0 radical (unpaired) electrons. The van der Waals surface area contributed by atoms with Crippen LogP contribution in [0.25, 0.3) is 10.2 Å². The molecule has 2 aromatic heterocycles. The number of fused-ring (bicyclic) bond motifs is 3. The van der Waals surface area contributed by atoms with Crippen molar-refractivity contribution in [3.63, 3.8) is 0 Å². The van der Waals surface area contributed by atoms with E-state index in [0.29, 0.717) is 0 Å². The lowest BCUT2D eigenvalue weighted by atomic mass is 9.99. The fourth-order valence-electron chi connectivity index (χ4n) is 5.09. The zero-order chi connectivity index (χ0) is 19.6. The van der Waals surface area contributed by atoms with Crippen molar-refractivity contribution in [1.29, 1.82) is 0 Å². The highest BCUT2D eigenvalue weighted by atomic mass is 32.1. The van der Waals surface area contributed by atoms with Crippen molar-refractivity contribution >= 4 is 27.4 Å². The van der Waals surface area contributed by atoms with Crippen LogP contribution in [0.4, 0.5) is 5.82 Å². The number of nitrogens with zero attached hydrogens (tertiary/aromatic N) is 2. The van der Waals surface area contributed by atoms with Crippen LogP contribution < -0.4 is 15.1 Å². The van der Waals surface area contributed by atoms with Gasteiger partial charge < -0.3 is 19.9 Å². The Kier molecular flexibility index (Phi) is 5.99. The van der Waals surface area contributed by atoms with Crippen molar-refractivity contribution in [1.82, 2.24) is 9.97 Å². The SMILES string of the molecule is CC1CC[NH+](Cc2nc(NCC[NH+]3CCOCC3)c3c4c(sc3n2)CCC4)CC1. The number of aryl methyl sites for hydroxylation is 2. The van der Waals surface area contributed by atoms with Crippen molar-refractivity contribution < 1.29 is 14.5 Å². The number of hydrogen-bond donors (Lipinski definition) is 3. The largest absolute Gasteiger partial charge is 0.370 e. The summed E-state index contributed by atoms with van der Waals surface area (Å²) in [6, 6.07) is 0. The summed E-state index contributed by atoms with van der Waals surface area (Å²) in [5, 5.41) is 5.04. The van der Waals surface area contributed by atoms with Gasteiger partial charge in [0.25, 0.3) is 0 Å². The average molecular weight is 418 g/mol. The van der Waals surface area contributed by atoms with E-state index in [4.69, 9.17) is 14.7 Å². The molecule has 2 aromatic rings. The van der Waals surface area contributed by atoms with Crippen molar-refractivity contribution in [2.24, 2.45) is 5.92 Å². The number of likely N-dealkylation sites (tertiary alicyclic amines) is 1. The van der Waals surface area contributed by atoms with Crippen molar-refractivity contribution in [3.8, 4) is 0 Å². The quantitative estimate of drug-likeness (QED) is 0.634. The topological polar surface area (TPSA) is 55.9 Å². The molecule has 0 bridgehead atoms. The van der Waals surface area contributed by atoms with E-state index in [1.807, 2.05) is 11.3 Å². The Morgan fingerprint density at radius 2 is 1.90 bits per heavy atom. The first-order chi connectivity index (χ1) is 14.3. The lowest BCUT2D eigenvalue weighted by Gasteiger charge is -2.26.